The zero-order chi connectivity index (χ0) is 14.0. The Morgan fingerprint density at radius 2 is 2.00 bits per heavy atom. The van der Waals surface area contributed by atoms with Gasteiger partial charge in [0, 0.05) is 6.04 Å². The van der Waals surface area contributed by atoms with Crippen LogP contribution in [0.15, 0.2) is 0 Å². The van der Waals surface area contributed by atoms with Crippen molar-refractivity contribution in [3.63, 3.8) is 0 Å². The van der Waals surface area contributed by atoms with E-state index in [0.717, 1.165) is 19.3 Å². The van der Waals surface area contributed by atoms with Crippen molar-refractivity contribution >= 4 is 5.91 Å². The fraction of sp³-hybridized carbons (Fsp3) is 0.938. The van der Waals surface area contributed by atoms with Gasteiger partial charge in [0.25, 0.3) is 0 Å². The van der Waals surface area contributed by atoms with E-state index in [2.05, 4.69) is 37.9 Å². The highest BCUT2D eigenvalue weighted by Gasteiger charge is 2.50. The fourth-order valence-electron chi connectivity index (χ4n) is 3.77. The average molecular weight is 266 g/mol. The predicted molar refractivity (Wildman–Crippen MR) is 78.8 cm³/mol. The Morgan fingerprint density at radius 3 is 2.53 bits per heavy atom. The van der Waals surface area contributed by atoms with Gasteiger partial charge in [-0.2, -0.15) is 0 Å². The molecule has 0 radical (unpaired) electrons. The summed E-state index contributed by atoms with van der Waals surface area (Å²) >= 11 is 0. The van der Waals surface area contributed by atoms with Crippen LogP contribution in [0.5, 0.6) is 0 Å². The number of amides is 1. The summed E-state index contributed by atoms with van der Waals surface area (Å²) in [6.45, 7) is 8.61. The van der Waals surface area contributed by atoms with Gasteiger partial charge in [-0.3, -0.25) is 10.1 Å². The van der Waals surface area contributed by atoms with Crippen molar-refractivity contribution in [2.24, 2.45) is 5.92 Å². The molecule has 1 saturated heterocycles. The predicted octanol–water partition coefficient (Wildman–Crippen LogP) is 3.29. The standard InChI is InChI=1S/C16H30N2O/c1-5-9-12(3)18-14(13-10-7-8-11-13)17-16(4,6-2)15(18)19/h12-14,17H,5-11H2,1-4H3. The smallest absolute Gasteiger partial charge is 0.244 e. The van der Waals surface area contributed by atoms with Crippen LogP contribution in [0, 0.1) is 5.92 Å². The first-order valence-electron chi connectivity index (χ1n) is 8.14. The molecule has 1 heterocycles. The average Bonchev–Trinajstić information content (AvgIpc) is 2.98. The second-order valence-electron chi connectivity index (χ2n) is 6.67. The maximum absolute atomic E-state index is 12.8. The maximum Gasteiger partial charge on any atom is 0.244 e. The third kappa shape index (κ3) is 2.67. The molecule has 1 aliphatic heterocycles. The minimum Gasteiger partial charge on any atom is -0.323 e. The van der Waals surface area contributed by atoms with E-state index in [1.54, 1.807) is 0 Å². The number of rotatable bonds is 5. The Hall–Kier alpha value is -0.570. The van der Waals surface area contributed by atoms with Gasteiger partial charge >= 0.3 is 0 Å². The highest BCUT2D eigenvalue weighted by Crippen LogP contribution is 2.36. The Morgan fingerprint density at radius 1 is 1.37 bits per heavy atom. The molecular formula is C16H30N2O. The van der Waals surface area contributed by atoms with Crippen molar-refractivity contribution in [1.29, 1.82) is 0 Å². The second-order valence-corrected chi connectivity index (χ2v) is 6.67. The molecule has 0 aromatic carbocycles. The van der Waals surface area contributed by atoms with Gasteiger partial charge in [-0.25, -0.2) is 0 Å². The van der Waals surface area contributed by atoms with Gasteiger partial charge in [0.15, 0.2) is 0 Å². The highest BCUT2D eigenvalue weighted by atomic mass is 16.2. The molecule has 0 aromatic heterocycles. The summed E-state index contributed by atoms with van der Waals surface area (Å²) in [4.78, 5) is 15.0. The van der Waals surface area contributed by atoms with Crippen molar-refractivity contribution < 1.29 is 4.79 Å². The maximum atomic E-state index is 12.8. The first-order chi connectivity index (χ1) is 9.03. The van der Waals surface area contributed by atoms with E-state index >= 15 is 0 Å². The molecule has 2 fully saturated rings. The fourth-order valence-corrected chi connectivity index (χ4v) is 3.77. The normalized spacial score (nSPS) is 34.2. The molecule has 2 rings (SSSR count). The van der Waals surface area contributed by atoms with Crippen molar-refractivity contribution in [3.05, 3.63) is 0 Å². The van der Waals surface area contributed by atoms with Gasteiger partial charge in [-0.05, 0) is 45.4 Å². The van der Waals surface area contributed by atoms with E-state index in [4.69, 9.17) is 0 Å². The van der Waals surface area contributed by atoms with Crippen LogP contribution in [0.2, 0.25) is 0 Å². The minimum absolute atomic E-state index is 0.279. The largest absolute Gasteiger partial charge is 0.323 e. The highest BCUT2D eigenvalue weighted by molar-refractivity contribution is 5.88. The molecule has 2 aliphatic rings. The quantitative estimate of drug-likeness (QED) is 0.828. The molecule has 1 N–H and O–H groups in total. The molecule has 3 atom stereocenters. The van der Waals surface area contributed by atoms with Gasteiger partial charge in [0.05, 0.1) is 11.7 Å². The minimum atomic E-state index is -0.338. The lowest BCUT2D eigenvalue weighted by molar-refractivity contribution is -0.135. The second kappa shape index (κ2) is 5.82. The third-order valence-corrected chi connectivity index (χ3v) is 5.21. The van der Waals surface area contributed by atoms with Crippen LogP contribution in [0.25, 0.3) is 0 Å². The third-order valence-electron chi connectivity index (χ3n) is 5.21. The number of carbonyl (C=O) groups excluding carboxylic acids is 1. The first kappa shape index (κ1) is 14.8. The van der Waals surface area contributed by atoms with E-state index in [1.807, 2.05) is 0 Å². The van der Waals surface area contributed by atoms with E-state index < -0.39 is 0 Å². The van der Waals surface area contributed by atoms with Crippen LogP contribution in [-0.4, -0.2) is 28.6 Å². The lowest BCUT2D eigenvalue weighted by Gasteiger charge is -2.33. The van der Waals surface area contributed by atoms with E-state index in [1.165, 1.54) is 25.7 Å². The van der Waals surface area contributed by atoms with Gasteiger partial charge in [-0.1, -0.05) is 33.1 Å². The molecule has 1 saturated carbocycles. The molecule has 110 valence electrons. The van der Waals surface area contributed by atoms with Gasteiger partial charge in [-0.15, -0.1) is 0 Å². The molecule has 0 bridgehead atoms. The van der Waals surface area contributed by atoms with Crippen LogP contribution >= 0.6 is 0 Å². The zero-order valence-electron chi connectivity index (χ0n) is 13.0. The molecule has 0 aromatic rings. The Kier molecular flexibility index (Phi) is 4.54. The van der Waals surface area contributed by atoms with Gasteiger partial charge < -0.3 is 4.90 Å². The number of carbonyl (C=O) groups is 1. The molecule has 3 unspecified atom stereocenters. The van der Waals surface area contributed by atoms with E-state index in [-0.39, 0.29) is 11.7 Å². The van der Waals surface area contributed by atoms with Crippen molar-refractivity contribution in [3.8, 4) is 0 Å². The number of nitrogens with one attached hydrogen (secondary N) is 1. The summed E-state index contributed by atoms with van der Waals surface area (Å²) in [5, 5.41) is 3.67. The summed E-state index contributed by atoms with van der Waals surface area (Å²) in [5.74, 6) is 0.990. The van der Waals surface area contributed by atoms with Crippen LogP contribution in [-0.2, 0) is 4.79 Å². The topological polar surface area (TPSA) is 32.3 Å². The van der Waals surface area contributed by atoms with Gasteiger partial charge in [0.1, 0.15) is 0 Å². The summed E-state index contributed by atoms with van der Waals surface area (Å²) in [7, 11) is 0. The Bertz CT molecular complexity index is 325. The molecule has 19 heavy (non-hydrogen) atoms. The lowest BCUT2D eigenvalue weighted by Crippen LogP contribution is -2.47. The number of hydrogen-bond donors (Lipinski definition) is 1. The number of hydrogen-bond acceptors (Lipinski definition) is 2. The summed E-state index contributed by atoms with van der Waals surface area (Å²) in [6, 6.07) is 0.365. The van der Waals surface area contributed by atoms with E-state index in [0.29, 0.717) is 17.9 Å². The zero-order valence-corrected chi connectivity index (χ0v) is 13.0. The Labute approximate surface area is 118 Å². The Balaban J connectivity index is 2.20. The van der Waals surface area contributed by atoms with Crippen molar-refractivity contribution in [2.75, 3.05) is 0 Å². The van der Waals surface area contributed by atoms with Gasteiger partial charge in [0.2, 0.25) is 5.91 Å². The summed E-state index contributed by atoms with van der Waals surface area (Å²) in [6.07, 6.45) is 8.62. The monoisotopic (exact) mass is 266 g/mol. The van der Waals surface area contributed by atoms with Crippen molar-refractivity contribution in [2.45, 2.75) is 90.4 Å². The van der Waals surface area contributed by atoms with Crippen LogP contribution in [0.4, 0.5) is 0 Å². The van der Waals surface area contributed by atoms with Crippen molar-refractivity contribution in [1.82, 2.24) is 10.2 Å². The molecule has 1 amide bonds. The van der Waals surface area contributed by atoms with Crippen LogP contribution in [0.3, 0.4) is 0 Å². The lowest BCUT2D eigenvalue weighted by atomic mass is 9.98. The first-order valence-corrected chi connectivity index (χ1v) is 8.14. The molecular weight excluding hydrogens is 236 g/mol. The number of nitrogens with zero attached hydrogens (tertiary/aromatic N) is 1. The van der Waals surface area contributed by atoms with Crippen LogP contribution < -0.4 is 5.32 Å². The van der Waals surface area contributed by atoms with E-state index in [9.17, 15) is 4.79 Å². The molecule has 3 nitrogen and oxygen atoms in total. The summed E-state index contributed by atoms with van der Waals surface area (Å²) in [5.41, 5.74) is -0.338. The summed E-state index contributed by atoms with van der Waals surface area (Å²) < 4.78 is 0. The SMILES string of the molecule is CCCC(C)N1C(=O)C(C)(CC)NC1C1CCCC1. The molecule has 1 aliphatic carbocycles. The molecule has 3 heteroatoms. The van der Waals surface area contributed by atoms with Crippen LogP contribution in [0.1, 0.15) is 72.6 Å². The molecule has 0 spiro atoms.